The zero-order valence-electron chi connectivity index (χ0n) is 14.6. The fourth-order valence-corrected chi connectivity index (χ4v) is 2.96. The SMILES string of the molecule is COc1ccc(C(=O)Nc2nnc(COc3ccc(Cl)cc3)s2)c(OC)c1. The summed E-state index contributed by atoms with van der Waals surface area (Å²) in [5.74, 6) is 1.32. The molecule has 27 heavy (non-hydrogen) atoms. The number of hydrogen-bond donors (Lipinski definition) is 1. The maximum Gasteiger partial charge on any atom is 0.261 e. The van der Waals surface area contributed by atoms with Crippen molar-refractivity contribution >= 4 is 34.0 Å². The van der Waals surface area contributed by atoms with E-state index >= 15 is 0 Å². The van der Waals surface area contributed by atoms with Crippen LogP contribution in [0.15, 0.2) is 42.5 Å². The molecular weight excluding hydrogens is 390 g/mol. The summed E-state index contributed by atoms with van der Waals surface area (Å²) < 4.78 is 16.0. The molecule has 0 radical (unpaired) electrons. The molecule has 0 aliphatic carbocycles. The highest BCUT2D eigenvalue weighted by Gasteiger charge is 2.16. The zero-order chi connectivity index (χ0) is 19.2. The van der Waals surface area contributed by atoms with E-state index in [4.69, 9.17) is 25.8 Å². The molecule has 140 valence electrons. The molecule has 0 bridgehead atoms. The maximum absolute atomic E-state index is 12.5. The second-order valence-electron chi connectivity index (χ2n) is 5.26. The van der Waals surface area contributed by atoms with E-state index in [9.17, 15) is 4.79 Å². The number of halogens is 1. The number of rotatable bonds is 7. The summed E-state index contributed by atoms with van der Waals surface area (Å²) in [5.41, 5.74) is 0.368. The van der Waals surface area contributed by atoms with Gasteiger partial charge in [-0.3, -0.25) is 10.1 Å². The minimum Gasteiger partial charge on any atom is -0.497 e. The lowest BCUT2D eigenvalue weighted by Crippen LogP contribution is -2.13. The number of hydrogen-bond acceptors (Lipinski definition) is 7. The van der Waals surface area contributed by atoms with Gasteiger partial charge in [-0.15, -0.1) is 10.2 Å². The number of carbonyl (C=O) groups is 1. The summed E-state index contributed by atoms with van der Waals surface area (Å²) in [6, 6.07) is 12.0. The number of nitrogens with one attached hydrogen (secondary N) is 1. The van der Waals surface area contributed by atoms with Crippen molar-refractivity contribution in [2.75, 3.05) is 19.5 Å². The Hall–Kier alpha value is -2.84. The van der Waals surface area contributed by atoms with Crippen molar-refractivity contribution in [2.45, 2.75) is 6.61 Å². The lowest BCUT2D eigenvalue weighted by Gasteiger charge is -2.09. The highest BCUT2D eigenvalue weighted by atomic mass is 35.5. The molecule has 1 amide bonds. The highest BCUT2D eigenvalue weighted by molar-refractivity contribution is 7.15. The Kier molecular flexibility index (Phi) is 6.10. The van der Waals surface area contributed by atoms with Crippen LogP contribution in [0.3, 0.4) is 0 Å². The van der Waals surface area contributed by atoms with Crippen LogP contribution < -0.4 is 19.5 Å². The van der Waals surface area contributed by atoms with Crippen LogP contribution in [0.4, 0.5) is 5.13 Å². The average Bonchev–Trinajstić information content (AvgIpc) is 3.14. The lowest BCUT2D eigenvalue weighted by molar-refractivity contribution is 0.102. The predicted molar refractivity (Wildman–Crippen MR) is 103 cm³/mol. The van der Waals surface area contributed by atoms with E-state index in [0.29, 0.717) is 38.0 Å². The third-order valence-electron chi connectivity index (χ3n) is 3.52. The van der Waals surface area contributed by atoms with Gasteiger partial charge in [-0.2, -0.15) is 0 Å². The van der Waals surface area contributed by atoms with Crippen LogP contribution in [-0.4, -0.2) is 30.3 Å². The Morgan fingerprint density at radius 1 is 1.07 bits per heavy atom. The standard InChI is InChI=1S/C18H16ClN3O4S/c1-24-13-7-8-14(15(9-13)25-2)17(23)20-18-22-21-16(27-18)10-26-12-5-3-11(19)4-6-12/h3-9H,10H2,1-2H3,(H,20,22,23). The molecule has 0 unspecified atom stereocenters. The van der Waals surface area contributed by atoms with Crippen molar-refractivity contribution in [1.82, 2.24) is 10.2 Å². The van der Waals surface area contributed by atoms with Crippen LogP contribution in [0.25, 0.3) is 0 Å². The predicted octanol–water partition coefficient (Wildman–Crippen LogP) is 4.04. The van der Waals surface area contributed by atoms with Crippen LogP contribution >= 0.6 is 22.9 Å². The van der Waals surface area contributed by atoms with Crippen molar-refractivity contribution in [3.05, 3.63) is 58.1 Å². The number of anilines is 1. The van der Waals surface area contributed by atoms with Gasteiger partial charge in [0.2, 0.25) is 5.13 Å². The van der Waals surface area contributed by atoms with Crippen molar-refractivity contribution in [3.63, 3.8) is 0 Å². The Labute approximate surface area is 164 Å². The summed E-state index contributed by atoms with van der Waals surface area (Å²) in [4.78, 5) is 12.5. The number of methoxy groups -OCH3 is 2. The van der Waals surface area contributed by atoms with E-state index < -0.39 is 0 Å². The van der Waals surface area contributed by atoms with Gasteiger partial charge in [-0.25, -0.2) is 0 Å². The number of ether oxygens (including phenoxy) is 3. The molecule has 0 aliphatic rings. The van der Waals surface area contributed by atoms with Gasteiger partial charge in [0.05, 0.1) is 19.8 Å². The first kappa shape index (κ1) is 18.9. The largest absolute Gasteiger partial charge is 0.497 e. The molecular formula is C18H16ClN3O4S. The third kappa shape index (κ3) is 4.87. The van der Waals surface area contributed by atoms with Crippen LogP contribution in [0.1, 0.15) is 15.4 Å². The fourth-order valence-electron chi connectivity index (χ4n) is 2.19. The fraction of sp³-hybridized carbons (Fsp3) is 0.167. The molecule has 0 aliphatic heterocycles. The van der Waals surface area contributed by atoms with Crippen LogP contribution in [0.5, 0.6) is 17.2 Å². The molecule has 0 saturated heterocycles. The number of amides is 1. The van der Waals surface area contributed by atoms with Gasteiger partial charge in [-0.05, 0) is 36.4 Å². The molecule has 0 fully saturated rings. The first-order chi connectivity index (χ1) is 13.1. The van der Waals surface area contributed by atoms with Gasteiger partial charge >= 0.3 is 0 Å². The topological polar surface area (TPSA) is 82.6 Å². The molecule has 7 nitrogen and oxygen atoms in total. The van der Waals surface area contributed by atoms with Gasteiger partial charge in [0.15, 0.2) is 5.01 Å². The van der Waals surface area contributed by atoms with Gasteiger partial charge in [-0.1, -0.05) is 22.9 Å². The Balaban J connectivity index is 1.63. The summed E-state index contributed by atoms with van der Waals surface area (Å²) in [5, 5.41) is 12.3. The van der Waals surface area contributed by atoms with Crippen LogP contribution in [-0.2, 0) is 6.61 Å². The first-order valence-electron chi connectivity index (χ1n) is 7.83. The van der Waals surface area contributed by atoms with Crippen LogP contribution in [0, 0.1) is 0 Å². The minimum atomic E-state index is -0.351. The Bertz CT molecular complexity index is 931. The normalized spacial score (nSPS) is 10.3. The second kappa shape index (κ2) is 8.70. The lowest BCUT2D eigenvalue weighted by atomic mass is 10.2. The molecule has 9 heteroatoms. The summed E-state index contributed by atoms with van der Waals surface area (Å²) >= 11 is 7.07. The minimum absolute atomic E-state index is 0.237. The Morgan fingerprint density at radius 3 is 2.52 bits per heavy atom. The summed E-state index contributed by atoms with van der Waals surface area (Å²) in [7, 11) is 3.03. The van der Waals surface area contributed by atoms with Crippen molar-refractivity contribution in [2.24, 2.45) is 0 Å². The van der Waals surface area contributed by atoms with Gasteiger partial charge < -0.3 is 14.2 Å². The third-order valence-corrected chi connectivity index (χ3v) is 4.58. The molecule has 0 saturated carbocycles. The number of benzene rings is 2. The second-order valence-corrected chi connectivity index (χ2v) is 6.76. The van der Waals surface area contributed by atoms with Gasteiger partial charge in [0.25, 0.3) is 5.91 Å². The number of nitrogens with zero attached hydrogens (tertiary/aromatic N) is 2. The summed E-state index contributed by atoms with van der Waals surface area (Å²) in [6.45, 7) is 0.237. The average molecular weight is 406 g/mol. The molecule has 0 spiro atoms. The molecule has 2 aromatic carbocycles. The van der Waals surface area contributed by atoms with E-state index in [-0.39, 0.29) is 12.5 Å². The molecule has 0 atom stereocenters. The van der Waals surface area contributed by atoms with Crippen LogP contribution in [0.2, 0.25) is 5.02 Å². The first-order valence-corrected chi connectivity index (χ1v) is 9.02. The van der Waals surface area contributed by atoms with Gasteiger partial charge in [0.1, 0.15) is 23.9 Å². The quantitative estimate of drug-likeness (QED) is 0.638. The Morgan fingerprint density at radius 2 is 1.81 bits per heavy atom. The smallest absolute Gasteiger partial charge is 0.261 e. The van der Waals surface area contributed by atoms with E-state index in [1.807, 2.05) is 0 Å². The molecule has 1 N–H and O–H groups in total. The van der Waals surface area contributed by atoms with E-state index in [2.05, 4.69) is 15.5 Å². The molecule has 3 rings (SSSR count). The molecule has 3 aromatic rings. The van der Waals surface area contributed by atoms with Crippen molar-refractivity contribution < 1.29 is 19.0 Å². The van der Waals surface area contributed by atoms with Gasteiger partial charge in [0, 0.05) is 11.1 Å². The molecule has 1 aromatic heterocycles. The molecule has 1 heterocycles. The zero-order valence-corrected chi connectivity index (χ0v) is 16.1. The summed E-state index contributed by atoms with van der Waals surface area (Å²) in [6.07, 6.45) is 0. The monoisotopic (exact) mass is 405 g/mol. The van der Waals surface area contributed by atoms with Crippen molar-refractivity contribution in [1.29, 1.82) is 0 Å². The highest BCUT2D eigenvalue weighted by Crippen LogP contribution is 2.26. The van der Waals surface area contributed by atoms with E-state index in [0.717, 1.165) is 0 Å². The van der Waals surface area contributed by atoms with Crippen molar-refractivity contribution in [3.8, 4) is 17.2 Å². The number of carbonyl (C=O) groups excluding carboxylic acids is 1. The number of aromatic nitrogens is 2. The van der Waals surface area contributed by atoms with E-state index in [1.165, 1.54) is 18.4 Å². The maximum atomic E-state index is 12.5. The van der Waals surface area contributed by atoms with E-state index in [1.54, 1.807) is 49.6 Å².